The van der Waals surface area contributed by atoms with Gasteiger partial charge in [-0.05, 0) is 24.5 Å². The number of thiazole rings is 1. The molecular formula is C17H17N3S. The maximum Gasteiger partial charge on any atom is 0.124 e. The molecule has 0 fully saturated rings. The number of hydrogen-bond acceptors (Lipinski definition) is 3. The minimum Gasteiger partial charge on any atom is -0.347 e. The van der Waals surface area contributed by atoms with Crippen LogP contribution in [0.2, 0.25) is 0 Å². The van der Waals surface area contributed by atoms with Gasteiger partial charge < -0.3 is 5.32 Å². The van der Waals surface area contributed by atoms with Crippen molar-refractivity contribution in [2.45, 2.75) is 12.8 Å². The van der Waals surface area contributed by atoms with Crippen LogP contribution in [0.5, 0.6) is 0 Å². The molecule has 0 amide bonds. The van der Waals surface area contributed by atoms with Crippen molar-refractivity contribution in [1.82, 2.24) is 10.3 Å². The third-order valence-corrected chi connectivity index (χ3v) is 4.57. The van der Waals surface area contributed by atoms with Gasteiger partial charge in [-0.2, -0.15) is 0 Å². The second kappa shape index (κ2) is 6.06. The summed E-state index contributed by atoms with van der Waals surface area (Å²) in [5.41, 5.74) is 4.19. The van der Waals surface area contributed by atoms with Crippen molar-refractivity contribution >= 4 is 29.4 Å². The van der Waals surface area contributed by atoms with Crippen LogP contribution in [0, 0.1) is 0 Å². The Hall–Kier alpha value is -2.20. The zero-order valence-corrected chi connectivity index (χ0v) is 12.8. The average molecular weight is 295 g/mol. The van der Waals surface area contributed by atoms with Crippen molar-refractivity contribution < 1.29 is 0 Å². The van der Waals surface area contributed by atoms with Gasteiger partial charge >= 0.3 is 0 Å². The Morgan fingerprint density at radius 3 is 2.90 bits per heavy atom. The van der Waals surface area contributed by atoms with Crippen LogP contribution in [0.25, 0.3) is 22.3 Å². The lowest BCUT2D eigenvalue weighted by atomic mass is 10.1. The first-order valence-electron chi connectivity index (χ1n) is 6.91. The zero-order chi connectivity index (χ0) is 14.7. The number of nitrogens with zero attached hydrogens (tertiary/aromatic N) is 2. The van der Waals surface area contributed by atoms with E-state index in [4.69, 9.17) is 4.98 Å². The summed E-state index contributed by atoms with van der Waals surface area (Å²) in [5.74, 6) is 0. The third-order valence-electron chi connectivity index (χ3n) is 3.39. The van der Waals surface area contributed by atoms with Crippen LogP contribution in [0.15, 0.2) is 41.9 Å². The van der Waals surface area contributed by atoms with E-state index in [1.165, 1.54) is 4.88 Å². The molecule has 3 rings (SSSR count). The number of fused-ring (bicyclic) bond motifs is 1. The predicted octanol–water partition coefficient (Wildman–Crippen LogP) is 3.99. The number of aryl methyl sites for hydroxylation is 1. The Morgan fingerprint density at radius 1 is 1.38 bits per heavy atom. The normalized spacial score (nSPS) is 13.4. The summed E-state index contributed by atoms with van der Waals surface area (Å²) in [6.45, 7) is 3.99. The highest BCUT2D eigenvalue weighted by molar-refractivity contribution is 7.15. The van der Waals surface area contributed by atoms with E-state index >= 15 is 0 Å². The van der Waals surface area contributed by atoms with Crippen LogP contribution >= 0.6 is 11.3 Å². The Kier molecular flexibility index (Phi) is 3.97. The molecule has 3 nitrogen and oxygen atoms in total. The van der Waals surface area contributed by atoms with E-state index < -0.39 is 0 Å². The van der Waals surface area contributed by atoms with Gasteiger partial charge in [-0.1, -0.05) is 36.9 Å². The molecule has 0 atom stereocenters. The molecule has 4 heteroatoms. The molecule has 0 radical (unpaired) electrons. The third kappa shape index (κ3) is 2.95. The summed E-state index contributed by atoms with van der Waals surface area (Å²) in [6.07, 6.45) is 8.19. The average Bonchev–Trinajstić information content (AvgIpc) is 2.96. The van der Waals surface area contributed by atoms with Crippen LogP contribution in [-0.4, -0.2) is 18.4 Å². The smallest absolute Gasteiger partial charge is 0.124 e. The largest absolute Gasteiger partial charge is 0.347 e. The van der Waals surface area contributed by atoms with Crippen molar-refractivity contribution in [3.05, 3.63) is 53.1 Å². The fourth-order valence-electron chi connectivity index (χ4n) is 2.25. The van der Waals surface area contributed by atoms with Crippen LogP contribution < -0.4 is 5.32 Å². The van der Waals surface area contributed by atoms with Crippen molar-refractivity contribution in [1.29, 1.82) is 0 Å². The van der Waals surface area contributed by atoms with Crippen molar-refractivity contribution in [3.8, 4) is 10.6 Å². The van der Waals surface area contributed by atoms with E-state index in [9.17, 15) is 0 Å². The first-order chi connectivity index (χ1) is 10.3. The molecule has 0 spiro atoms. The van der Waals surface area contributed by atoms with Crippen molar-refractivity contribution in [2.24, 2.45) is 4.99 Å². The van der Waals surface area contributed by atoms with Crippen LogP contribution in [-0.2, 0) is 6.42 Å². The Balaban J connectivity index is 1.82. The molecule has 0 saturated carbocycles. The highest BCUT2D eigenvalue weighted by atomic mass is 32.1. The monoisotopic (exact) mass is 295 g/mol. The lowest BCUT2D eigenvalue weighted by Crippen LogP contribution is -2.07. The fraction of sp³-hybridized carbons (Fsp3) is 0.176. The van der Waals surface area contributed by atoms with Gasteiger partial charge in [0.25, 0.3) is 0 Å². The molecule has 0 saturated heterocycles. The SMILES string of the molecule is C=C(NC=NC)c1ccc(-c2nc3c(s2)CCC=C3)cc1. The predicted molar refractivity (Wildman–Crippen MR) is 91.5 cm³/mol. The molecule has 21 heavy (non-hydrogen) atoms. The number of allylic oxidation sites excluding steroid dienone is 1. The molecule has 2 aromatic rings. The Bertz CT molecular complexity index is 708. The summed E-state index contributed by atoms with van der Waals surface area (Å²) in [6, 6.07) is 8.31. The number of aliphatic imine (C=N–C) groups is 1. The minimum atomic E-state index is 0.841. The number of benzene rings is 1. The van der Waals surface area contributed by atoms with Gasteiger partial charge in [0.15, 0.2) is 0 Å². The van der Waals surface area contributed by atoms with Gasteiger partial charge in [0.1, 0.15) is 5.01 Å². The molecule has 106 valence electrons. The van der Waals surface area contributed by atoms with Crippen LogP contribution in [0.4, 0.5) is 0 Å². The first kappa shape index (κ1) is 13.8. The molecule has 0 unspecified atom stereocenters. The van der Waals surface area contributed by atoms with E-state index in [1.54, 1.807) is 24.7 Å². The molecule has 1 N–H and O–H groups in total. The number of hydrogen-bond donors (Lipinski definition) is 1. The van der Waals surface area contributed by atoms with E-state index in [0.717, 1.165) is 40.4 Å². The standard InChI is InChI=1S/C17H17N3S/c1-12(19-11-18-2)13-7-9-14(10-8-13)17-20-15-5-3-4-6-16(15)21-17/h3,5,7-11H,1,4,6H2,2H3,(H,18,19). The summed E-state index contributed by atoms with van der Waals surface area (Å²) in [5, 5.41) is 4.13. The highest BCUT2D eigenvalue weighted by Gasteiger charge is 2.12. The van der Waals surface area contributed by atoms with Gasteiger partial charge in [-0.3, -0.25) is 4.99 Å². The number of nitrogens with one attached hydrogen (secondary N) is 1. The molecule has 1 heterocycles. The van der Waals surface area contributed by atoms with Crippen molar-refractivity contribution in [2.75, 3.05) is 7.05 Å². The van der Waals surface area contributed by atoms with Gasteiger partial charge in [0.2, 0.25) is 0 Å². The van der Waals surface area contributed by atoms with E-state index in [1.807, 2.05) is 0 Å². The summed E-state index contributed by atoms with van der Waals surface area (Å²) in [7, 11) is 1.72. The topological polar surface area (TPSA) is 37.3 Å². The lowest BCUT2D eigenvalue weighted by Gasteiger charge is -2.05. The van der Waals surface area contributed by atoms with Gasteiger partial charge in [0.05, 0.1) is 12.0 Å². The van der Waals surface area contributed by atoms with Gasteiger partial charge in [-0.25, -0.2) is 4.98 Å². The summed E-state index contributed by atoms with van der Waals surface area (Å²) in [4.78, 5) is 10.00. The molecule has 0 aliphatic heterocycles. The van der Waals surface area contributed by atoms with Gasteiger partial charge in [-0.15, -0.1) is 11.3 Å². The van der Waals surface area contributed by atoms with Crippen LogP contribution in [0.1, 0.15) is 22.6 Å². The second-order valence-electron chi connectivity index (χ2n) is 4.86. The second-order valence-corrected chi connectivity index (χ2v) is 5.94. The Labute approximate surface area is 128 Å². The molecule has 1 aliphatic rings. The molecule has 1 aromatic heterocycles. The maximum atomic E-state index is 4.72. The lowest BCUT2D eigenvalue weighted by molar-refractivity contribution is 1.00. The molecule has 1 aliphatic carbocycles. The van der Waals surface area contributed by atoms with E-state index in [2.05, 4.69) is 53.3 Å². The molecule has 1 aromatic carbocycles. The first-order valence-corrected chi connectivity index (χ1v) is 7.72. The quantitative estimate of drug-likeness (QED) is 0.684. The fourth-order valence-corrected chi connectivity index (χ4v) is 3.32. The molecular weight excluding hydrogens is 278 g/mol. The van der Waals surface area contributed by atoms with Crippen LogP contribution in [0.3, 0.4) is 0 Å². The maximum absolute atomic E-state index is 4.72. The van der Waals surface area contributed by atoms with E-state index in [0.29, 0.717) is 0 Å². The van der Waals surface area contributed by atoms with E-state index in [-0.39, 0.29) is 0 Å². The summed E-state index contributed by atoms with van der Waals surface area (Å²) >= 11 is 1.79. The van der Waals surface area contributed by atoms with Crippen molar-refractivity contribution in [3.63, 3.8) is 0 Å². The van der Waals surface area contributed by atoms with Gasteiger partial charge in [0, 0.05) is 23.2 Å². The summed E-state index contributed by atoms with van der Waals surface area (Å²) < 4.78 is 0. The molecule has 0 bridgehead atoms. The Morgan fingerprint density at radius 2 is 2.19 bits per heavy atom. The number of rotatable bonds is 4. The highest BCUT2D eigenvalue weighted by Crippen LogP contribution is 2.32. The minimum absolute atomic E-state index is 0.841. The number of aromatic nitrogens is 1. The zero-order valence-electron chi connectivity index (χ0n) is 12.0.